The van der Waals surface area contributed by atoms with E-state index in [0.717, 1.165) is 45.1 Å². The number of piperidine rings is 1. The lowest BCUT2D eigenvalue weighted by atomic mass is 9.67. The number of hydrogen-bond donors (Lipinski definition) is 2. The van der Waals surface area contributed by atoms with E-state index in [0.29, 0.717) is 11.8 Å². The number of carbonyl (C=O) groups is 1. The maximum Gasteiger partial charge on any atom is 0.230 e. The maximum atomic E-state index is 13.1. The number of likely N-dealkylation sites (tertiary alicyclic amines) is 1. The van der Waals surface area contributed by atoms with Crippen LogP contribution in [0.2, 0.25) is 0 Å². The van der Waals surface area contributed by atoms with Crippen molar-refractivity contribution in [3.05, 3.63) is 0 Å². The Balaban J connectivity index is 1.64. The van der Waals surface area contributed by atoms with Crippen molar-refractivity contribution in [2.45, 2.75) is 38.5 Å². The molecule has 2 aliphatic heterocycles. The van der Waals surface area contributed by atoms with Crippen LogP contribution in [0.1, 0.15) is 38.5 Å². The predicted octanol–water partition coefficient (Wildman–Crippen LogP) is 1.22. The average Bonchev–Trinajstić information content (AvgIpc) is 2.92. The van der Waals surface area contributed by atoms with E-state index in [4.69, 9.17) is 0 Å². The van der Waals surface area contributed by atoms with Crippen molar-refractivity contribution >= 4 is 5.91 Å². The van der Waals surface area contributed by atoms with Crippen LogP contribution in [0, 0.1) is 17.3 Å². The molecule has 20 heavy (non-hydrogen) atoms. The largest absolute Gasteiger partial charge is 0.342 e. The van der Waals surface area contributed by atoms with Crippen LogP contribution in [-0.4, -0.2) is 50.6 Å². The minimum Gasteiger partial charge on any atom is -0.342 e. The molecule has 0 unspecified atom stereocenters. The summed E-state index contributed by atoms with van der Waals surface area (Å²) in [5, 5.41) is 6.76. The van der Waals surface area contributed by atoms with E-state index < -0.39 is 0 Å². The highest BCUT2D eigenvalue weighted by atomic mass is 16.2. The van der Waals surface area contributed by atoms with Crippen LogP contribution in [0.5, 0.6) is 0 Å². The van der Waals surface area contributed by atoms with E-state index in [1.165, 1.54) is 32.1 Å². The van der Waals surface area contributed by atoms with Gasteiger partial charge in [0.2, 0.25) is 5.91 Å². The molecule has 4 heteroatoms. The van der Waals surface area contributed by atoms with Crippen molar-refractivity contribution in [2.75, 3.05) is 39.8 Å². The summed E-state index contributed by atoms with van der Waals surface area (Å²) in [6, 6.07) is 0. The SMILES string of the molecule is CNCC1CCN(C(=O)[C@@]23CCCC[C@H]2CNC3)CC1. The normalized spacial score (nSPS) is 35.0. The lowest BCUT2D eigenvalue weighted by Crippen LogP contribution is -2.52. The Morgan fingerprint density at radius 2 is 2.10 bits per heavy atom. The van der Waals surface area contributed by atoms with Crippen LogP contribution in [0.4, 0.5) is 0 Å². The summed E-state index contributed by atoms with van der Waals surface area (Å²) in [6.07, 6.45) is 7.24. The molecule has 3 aliphatic rings. The van der Waals surface area contributed by atoms with E-state index >= 15 is 0 Å². The first-order chi connectivity index (χ1) is 9.76. The lowest BCUT2D eigenvalue weighted by molar-refractivity contribution is -0.146. The Kier molecular flexibility index (Phi) is 4.32. The molecule has 3 rings (SSSR count). The van der Waals surface area contributed by atoms with Crippen molar-refractivity contribution in [1.29, 1.82) is 0 Å². The van der Waals surface area contributed by atoms with E-state index in [-0.39, 0.29) is 5.41 Å². The highest BCUT2D eigenvalue weighted by Gasteiger charge is 2.51. The van der Waals surface area contributed by atoms with Gasteiger partial charge in [0.25, 0.3) is 0 Å². The minimum absolute atomic E-state index is 0.0475. The molecule has 1 saturated carbocycles. The zero-order valence-electron chi connectivity index (χ0n) is 12.8. The van der Waals surface area contributed by atoms with Gasteiger partial charge in [-0.15, -0.1) is 0 Å². The van der Waals surface area contributed by atoms with Crippen molar-refractivity contribution in [2.24, 2.45) is 17.3 Å². The molecule has 0 aromatic rings. The Morgan fingerprint density at radius 1 is 1.30 bits per heavy atom. The number of amides is 1. The van der Waals surface area contributed by atoms with Crippen molar-refractivity contribution in [3.8, 4) is 0 Å². The topological polar surface area (TPSA) is 44.4 Å². The molecule has 1 amide bonds. The highest BCUT2D eigenvalue weighted by molar-refractivity contribution is 5.84. The van der Waals surface area contributed by atoms with Gasteiger partial charge in [0.05, 0.1) is 5.41 Å². The zero-order chi connectivity index (χ0) is 14.0. The molecule has 0 aromatic heterocycles. The van der Waals surface area contributed by atoms with Gasteiger partial charge in [-0.2, -0.15) is 0 Å². The lowest BCUT2D eigenvalue weighted by Gasteiger charge is -2.43. The van der Waals surface area contributed by atoms with Crippen LogP contribution < -0.4 is 10.6 Å². The molecule has 0 spiro atoms. The van der Waals surface area contributed by atoms with E-state index in [2.05, 4.69) is 15.5 Å². The first kappa shape index (κ1) is 14.3. The summed E-state index contributed by atoms with van der Waals surface area (Å²) >= 11 is 0. The third kappa shape index (κ3) is 2.48. The van der Waals surface area contributed by atoms with Gasteiger partial charge in [0.1, 0.15) is 0 Å². The molecule has 3 fully saturated rings. The monoisotopic (exact) mass is 279 g/mol. The van der Waals surface area contributed by atoms with Crippen molar-refractivity contribution < 1.29 is 4.79 Å². The smallest absolute Gasteiger partial charge is 0.230 e. The number of nitrogens with zero attached hydrogens (tertiary/aromatic N) is 1. The first-order valence-corrected chi connectivity index (χ1v) is 8.41. The molecular weight excluding hydrogens is 250 g/mol. The molecule has 0 bridgehead atoms. The number of nitrogens with one attached hydrogen (secondary N) is 2. The number of rotatable bonds is 3. The fourth-order valence-corrected chi connectivity index (χ4v) is 4.61. The zero-order valence-corrected chi connectivity index (χ0v) is 12.8. The number of fused-ring (bicyclic) bond motifs is 1. The van der Waals surface area contributed by atoms with Gasteiger partial charge in [-0.25, -0.2) is 0 Å². The Morgan fingerprint density at radius 3 is 2.85 bits per heavy atom. The van der Waals surface area contributed by atoms with Crippen LogP contribution in [0.3, 0.4) is 0 Å². The van der Waals surface area contributed by atoms with Crippen LogP contribution >= 0.6 is 0 Å². The molecular formula is C16H29N3O. The molecule has 114 valence electrons. The fourth-order valence-electron chi connectivity index (χ4n) is 4.61. The highest BCUT2D eigenvalue weighted by Crippen LogP contribution is 2.45. The second-order valence-corrected chi connectivity index (χ2v) is 7.02. The number of carbonyl (C=O) groups excluding carboxylic acids is 1. The second kappa shape index (κ2) is 6.02. The quantitative estimate of drug-likeness (QED) is 0.816. The molecule has 0 aromatic carbocycles. The molecule has 2 heterocycles. The summed E-state index contributed by atoms with van der Waals surface area (Å²) in [4.78, 5) is 15.3. The van der Waals surface area contributed by atoms with Gasteiger partial charge in [-0.05, 0) is 57.7 Å². The average molecular weight is 279 g/mol. The predicted molar refractivity (Wildman–Crippen MR) is 80.5 cm³/mol. The van der Waals surface area contributed by atoms with Gasteiger partial charge < -0.3 is 15.5 Å². The fraction of sp³-hybridized carbons (Fsp3) is 0.938. The third-order valence-corrected chi connectivity index (χ3v) is 5.86. The van der Waals surface area contributed by atoms with Gasteiger partial charge >= 0.3 is 0 Å². The van der Waals surface area contributed by atoms with E-state index in [1.807, 2.05) is 7.05 Å². The third-order valence-electron chi connectivity index (χ3n) is 5.86. The second-order valence-electron chi connectivity index (χ2n) is 7.02. The molecule has 1 aliphatic carbocycles. The molecule has 2 saturated heterocycles. The summed E-state index contributed by atoms with van der Waals surface area (Å²) in [5.41, 5.74) is -0.0475. The summed E-state index contributed by atoms with van der Waals surface area (Å²) in [5.74, 6) is 1.82. The van der Waals surface area contributed by atoms with Crippen LogP contribution in [0.25, 0.3) is 0 Å². The van der Waals surface area contributed by atoms with Crippen LogP contribution in [0.15, 0.2) is 0 Å². The molecule has 4 nitrogen and oxygen atoms in total. The minimum atomic E-state index is -0.0475. The summed E-state index contributed by atoms with van der Waals surface area (Å²) < 4.78 is 0. The van der Waals surface area contributed by atoms with Crippen molar-refractivity contribution in [3.63, 3.8) is 0 Å². The van der Waals surface area contributed by atoms with E-state index in [1.54, 1.807) is 0 Å². The van der Waals surface area contributed by atoms with Crippen molar-refractivity contribution in [1.82, 2.24) is 15.5 Å². The van der Waals surface area contributed by atoms with Gasteiger partial charge in [-0.1, -0.05) is 12.8 Å². The standard InChI is InChI=1S/C16H29N3O/c1-17-10-13-5-8-19(9-6-13)15(20)16-7-3-2-4-14(16)11-18-12-16/h13-14,17-18H,2-12H2,1H3/t14-,16+/m0/s1. The Hall–Kier alpha value is -0.610. The van der Waals surface area contributed by atoms with Gasteiger partial charge in [0.15, 0.2) is 0 Å². The van der Waals surface area contributed by atoms with Gasteiger partial charge in [-0.3, -0.25) is 4.79 Å². The van der Waals surface area contributed by atoms with Gasteiger partial charge in [0, 0.05) is 19.6 Å². The maximum absolute atomic E-state index is 13.1. The first-order valence-electron chi connectivity index (χ1n) is 8.41. The number of hydrogen-bond acceptors (Lipinski definition) is 3. The Labute approximate surface area is 122 Å². The summed E-state index contributed by atoms with van der Waals surface area (Å²) in [6.45, 7) is 5.02. The van der Waals surface area contributed by atoms with Crippen LogP contribution in [-0.2, 0) is 4.79 Å². The molecule has 2 atom stereocenters. The van der Waals surface area contributed by atoms with E-state index in [9.17, 15) is 4.79 Å². The molecule has 2 N–H and O–H groups in total. The Bertz CT molecular complexity index is 352. The summed E-state index contributed by atoms with van der Waals surface area (Å²) in [7, 11) is 2.02. The molecule has 0 radical (unpaired) electrons.